The van der Waals surface area contributed by atoms with Crippen LogP contribution in [0.5, 0.6) is 0 Å². The first-order chi connectivity index (χ1) is 7.24. The SMILES string of the molecule is Brc1ccc2c(c1)CC1=C2C=CC(Br)C1. The average Bonchev–Trinajstić information content (AvgIpc) is 2.53. The van der Waals surface area contributed by atoms with Crippen molar-refractivity contribution in [3.63, 3.8) is 0 Å². The molecule has 1 atom stereocenters. The molecule has 0 radical (unpaired) electrons. The van der Waals surface area contributed by atoms with Crippen LogP contribution in [0.15, 0.2) is 40.4 Å². The predicted octanol–water partition coefficient (Wildman–Crippen LogP) is 4.48. The van der Waals surface area contributed by atoms with E-state index >= 15 is 0 Å². The summed E-state index contributed by atoms with van der Waals surface area (Å²) in [6.07, 6.45) is 6.78. The molecule has 0 saturated carbocycles. The van der Waals surface area contributed by atoms with Crippen molar-refractivity contribution in [3.05, 3.63) is 51.5 Å². The average molecular weight is 326 g/mol. The summed E-state index contributed by atoms with van der Waals surface area (Å²) in [5.74, 6) is 0. The summed E-state index contributed by atoms with van der Waals surface area (Å²) in [6, 6.07) is 6.59. The number of fused-ring (bicyclic) bond motifs is 2. The van der Waals surface area contributed by atoms with Crippen LogP contribution in [0.4, 0.5) is 0 Å². The molecule has 0 aromatic heterocycles. The Kier molecular flexibility index (Phi) is 2.37. The predicted molar refractivity (Wildman–Crippen MR) is 71.2 cm³/mol. The molecule has 2 heteroatoms. The van der Waals surface area contributed by atoms with Crippen LogP contribution in [-0.2, 0) is 6.42 Å². The first-order valence-corrected chi connectivity index (χ1v) is 6.78. The highest BCUT2D eigenvalue weighted by Crippen LogP contribution is 2.40. The van der Waals surface area contributed by atoms with Gasteiger partial charge in [0.25, 0.3) is 0 Å². The van der Waals surface area contributed by atoms with Crippen LogP contribution < -0.4 is 0 Å². The number of halogens is 2. The Morgan fingerprint density at radius 1 is 1.27 bits per heavy atom. The Hall–Kier alpha value is -0.340. The van der Waals surface area contributed by atoms with Crippen molar-refractivity contribution < 1.29 is 0 Å². The van der Waals surface area contributed by atoms with Gasteiger partial charge in [0.05, 0.1) is 0 Å². The number of benzene rings is 1. The van der Waals surface area contributed by atoms with Gasteiger partial charge in [-0.2, -0.15) is 0 Å². The summed E-state index contributed by atoms with van der Waals surface area (Å²) >= 11 is 7.18. The summed E-state index contributed by atoms with van der Waals surface area (Å²) in [7, 11) is 0. The molecule has 15 heavy (non-hydrogen) atoms. The quantitative estimate of drug-likeness (QED) is 0.617. The zero-order valence-corrected chi connectivity index (χ0v) is 11.3. The zero-order valence-electron chi connectivity index (χ0n) is 8.13. The van der Waals surface area contributed by atoms with Crippen molar-refractivity contribution in [1.29, 1.82) is 0 Å². The number of alkyl halides is 1. The first-order valence-electron chi connectivity index (χ1n) is 5.07. The molecule has 1 unspecified atom stereocenters. The van der Waals surface area contributed by atoms with Gasteiger partial charge in [-0.1, -0.05) is 55.7 Å². The smallest absolute Gasteiger partial charge is 0.0366 e. The fourth-order valence-corrected chi connectivity index (χ4v) is 3.33. The molecule has 2 aliphatic carbocycles. The third-order valence-corrected chi connectivity index (χ3v) is 4.18. The van der Waals surface area contributed by atoms with Gasteiger partial charge in [-0.25, -0.2) is 0 Å². The van der Waals surface area contributed by atoms with Crippen LogP contribution in [0.25, 0.3) is 5.57 Å². The zero-order chi connectivity index (χ0) is 10.4. The Morgan fingerprint density at radius 3 is 3.00 bits per heavy atom. The lowest BCUT2D eigenvalue weighted by Crippen LogP contribution is -2.00. The second kappa shape index (κ2) is 3.60. The normalized spacial score (nSPS) is 22.9. The molecule has 0 bridgehead atoms. The summed E-state index contributed by atoms with van der Waals surface area (Å²) in [6.45, 7) is 0. The monoisotopic (exact) mass is 324 g/mol. The van der Waals surface area contributed by atoms with E-state index in [1.165, 1.54) is 21.2 Å². The minimum atomic E-state index is 0.522. The molecule has 0 heterocycles. The van der Waals surface area contributed by atoms with E-state index in [4.69, 9.17) is 0 Å². The van der Waals surface area contributed by atoms with Gasteiger partial charge in [0, 0.05) is 9.30 Å². The minimum Gasteiger partial charge on any atom is -0.0842 e. The molecular weight excluding hydrogens is 316 g/mol. The maximum Gasteiger partial charge on any atom is 0.0366 e. The lowest BCUT2D eigenvalue weighted by molar-refractivity contribution is 0.961. The Balaban J connectivity index is 2.08. The van der Waals surface area contributed by atoms with Crippen LogP contribution in [0.3, 0.4) is 0 Å². The number of hydrogen-bond acceptors (Lipinski definition) is 0. The molecule has 0 aliphatic heterocycles. The van der Waals surface area contributed by atoms with Gasteiger partial charge in [-0.05, 0) is 41.7 Å². The van der Waals surface area contributed by atoms with E-state index < -0.39 is 0 Å². The van der Waals surface area contributed by atoms with Crippen molar-refractivity contribution >= 4 is 37.4 Å². The summed E-state index contributed by atoms with van der Waals surface area (Å²) < 4.78 is 1.18. The molecule has 76 valence electrons. The molecule has 1 aromatic rings. The van der Waals surface area contributed by atoms with Crippen molar-refractivity contribution in [3.8, 4) is 0 Å². The largest absolute Gasteiger partial charge is 0.0842 e. The van der Waals surface area contributed by atoms with Crippen LogP contribution in [0.1, 0.15) is 17.5 Å². The summed E-state index contributed by atoms with van der Waals surface area (Å²) in [5, 5.41) is 0. The summed E-state index contributed by atoms with van der Waals surface area (Å²) in [5.41, 5.74) is 5.91. The van der Waals surface area contributed by atoms with Crippen LogP contribution >= 0.6 is 31.9 Å². The molecule has 0 N–H and O–H groups in total. The molecule has 0 fully saturated rings. The van der Waals surface area contributed by atoms with E-state index in [0.717, 1.165) is 12.8 Å². The highest BCUT2D eigenvalue weighted by molar-refractivity contribution is 9.10. The molecule has 3 rings (SSSR count). The first kappa shape index (κ1) is 9.86. The summed E-state index contributed by atoms with van der Waals surface area (Å²) in [4.78, 5) is 0.522. The van der Waals surface area contributed by atoms with Crippen LogP contribution in [0.2, 0.25) is 0 Å². The van der Waals surface area contributed by atoms with Crippen LogP contribution in [-0.4, -0.2) is 4.83 Å². The van der Waals surface area contributed by atoms with Gasteiger partial charge in [0.1, 0.15) is 0 Å². The van der Waals surface area contributed by atoms with Gasteiger partial charge in [0.2, 0.25) is 0 Å². The number of hydrogen-bond donors (Lipinski definition) is 0. The molecule has 0 spiro atoms. The Bertz CT molecular complexity index is 483. The van der Waals surface area contributed by atoms with Gasteiger partial charge < -0.3 is 0 Å². The highest BCUT2D eigenvalue weighted by Gasteiger charge is 2.23. The van der Waals surface area contributed by atoms with E-state index in [1.807, 2.05) is 0 Å². The lowest BCUT2D eigenvalue weighted by Gasteiger charge is -2.12. The van der Waals surface area contributed by atoms with E-state index in [0.29, 0.717) is 4.83 Å². The fraction of sp³-hybridized carbons (Fsp3) is 0.231. The fourth-order valence-electron chi connectivity index (χ4n) is 2.38. The number of rotatable bonds is 0. The van der Waals surface area contributed by atoms with E-state index in [9.17, 15) is 0 Å². The van der Waals surface area contributed by atoms with Gasteiger partial charge >= 0.3 is 0 Å². The molecule has 0 nitrogen and oxygen atoms in total. The standard InChI is InChI=1S/C13H10Br2/c14-10-1-3-12-8(6-10)5-9-7-11(15)2-4-13(9)12/h1-4,6,11H,5,7H2. The Morgan fingerprint density at radius 2 is 2.13 bits per heavy atom. The van der Waals surface area contributed by atoms with E-state index in [2.05, 4.69) is 62.2 Å². The minimum absolute atomic E-state index is 0.522. The topological polar surface area (TPSA) is 0 Å². The van der Waals surface area contributed by atoms with Crippen molar-refractivity contribution in [2.75, 3.05) is 0 Å². The van der Waals surface area contributed by atoms with Crippen molar-refractivity contribution in [2.45, 2.75) is 17.7 Å². The second-order valence-electron chi connectivity index (χ2n) is 4.07. The molecule has 1 aromatic carbocycles. The molecular formula is C13H10Br2. The maximum absolute atomic E-state index is 3.65. The highest BCUT2D eigenvalue weighted by atomic mass is 79.9. The third kappa shape index (κ3) is 1.64. The van der Waals surface area contributed by atoms with Crippen LogP contribution in [0, 0.1) is 0 Å². The molecule has 0 amide bonds. The molecule has 0 saturated heterocycles. The van der Waals surface area contributed by atoms with E-state index in [1.54, 1.807) is 5.57 Å². The second-order valence-corrected chi connectivity index (χ2v) is 6.17. The Labute approximate surface area is 106 Å². The van der Waals surface area contributed by atoms with Crippen molar-refractivity contribution in [1.82, 2.24) is 0 Å². The van der Waals surface area contributed by atoms with Gasteiger partial charge in [-0.3, -0.25) is 0 Å². The van der Waals surface area contributed by atoms with Gasteiger partial charge in [0.15, 0.2) is 0 Å². The van der Waals surface area contributed by atoms with Gasteiger partial charge in [-0.15, -0.1) is 0 Å². The lowest BCUT2D eigenvalue weighted by atomic mass is 9.98. The third-order valence-electron chi connectivity index (χ3n) is 3.06. The van der Waals surface area contributed by atoms with E-state index in [-0.39, 0.29) is 0 Å². The molecule has 2 aliphatic rings. The maximum atomic E-state index is 3.65. The number of allylic oxidation sites excluding steroid dienone is 4. The van der Waals surface area contributed by atoms with Crippen molar-refractivity contribution in [2.24, 2.45) is 0 Å².